The van der Waals surface area contributed by atoms with Crippen LogP contribution in [0.25, 0.3) is 10.9 Å². The molecule has 0 aliphatic rings. The van der Waals surface area contributed by atoms with Crippen LogP contribution < -0.4 is 16.2 Å². The van der Waals surface area contributed by atoms with E-state index in [0.29, 0.717) is 56.9 Å². The lowest BCUT2D eigenvalue weighted by Gasteiger charge is -2.09. The van der Waals surface area contributed by atoms with Crippen LogP contribution in [0.1, 0.15) is 27.4 Å². The van der Waals surface area contributed by atoms with Crippen molar-refractivity contribution in [2.75, 3.05) is 11.9 Å². The quantitative estimate of drug-likeness (QED) is 0.376. The van der Waals surface area contributed by atoms with E-state index in [1.807, 2.05) is 6.07 Å². The van der Waals surface area contributed by atoms with Crippen molar-refractivity contribution < 1.29 is 9.32 Å². The third kappa shape index (κ3) is 4.49. The molecule has 4 rings (SSSR count). The second-order valence-electron chi connectivity index (χ2n) is 7.24. The van der Waals surface area contributed by atoms with Gasteiger partial charge in [0.15, 0.2) is 0 Å². The molecular formula is C21H20Cl2N6O3. The molecule has 166 valence electrons. The minimum absolute atomic E-state index is 0.277. The predicted octanol–water partition coefficient (Wildman–Crippen LogP) is 3.68. The summed E-state index contributed by atoms with van der Waals surface area (Å²) in [5.74, 6) is 0.738. The molecule has 3 aromatic heterocycles. The molecule has 0 radical (unpaired) electrons. The van der Waals surface area contributed by atoms with Crippen LogP contribution in [0, 0.1) is 13.8 Å². The van der Waals surface area contributed by atoms with Crippen LogP contribution in [-0.4, -0.2) is 32.4 Å². The maximum absolute atomic E-state index is 12.7. The van der Waals surface area contributed by atoms with Gasteiger partial charge in [-0.05, 0) is 37.6 Å². The highest BCUT2D eigenvalue weighted by atomic mass is 35.5. The number of halogens is 2. The largest absolute Gasteiger partial charge is 0.367 e. The van der Waals surface area contributed by atoms with E-state index in [0.717, 1.165) is 5.56 Å². The number of pyridine rings is 1. The third-order valence-corrected chi connectivity index (χ3v) is 5.71. The van der Waals surface area contributed by atoms with Crippen molar-refractivity contribution in [1.82, 2.24) is 25.2 Å². The molecular weight excluding hydrogens is 455 g/mol. The van der Waals surface area contributed by atoms with Gasteiger partial charge in [0.2, 0.25) is 0 Å². The van der Waals surface area contributed by atoms with Crippen LogP contribution in [-0.2, 0) is 13.1 Å². The second-order valence-corrected chi connectivity index (χ2v) is 8.06. The first-order valence-corrected chi connectivity index (χ1v) is 10.6. The Morgan fingerprint density at radius 2 is 2.03 bits per heavy atom. The smallest absolute Gasteiger partial charge is 0.275 e. The standard InChI is InChI=1S/C21H20Cl2N6O3/c1-11-18(12(2)32-28-11)20(30)24-5-6-29-19-14(10-26-29)8-17(27-21(19)31)25-9-13-3-4-15(22)16(23)7-13/h3-4,7-8,10H,5-6,9H2,1-2H3,(H,24,30)(H2,25,27,31). The number of carbonyl (C=O) groups excluding carboxylic acids is 1. The first kappa shape index (κ1) is 21.9. The second kappa shape index (κ2) is 9.05. The van der Waals surface area contributed by atoms with Crippen LogP contribution in [0.15, 0.2) is 39.8 Å². The summed E-state index contributed by atoms with van der Waals surface area (Å²) in [6, 6.07) is 7.15. The summed E-state index contributed by atoms with van der Waals surface area (Å²) < 4.78 is 6.58. The highest BCUT2D eigenvalue weighted by Gasteiger charge is 2.17. The Bertz CT molecular complexity index is 1340. The van der Waals surface area contributed by atoms with Gasteiger partial charge in [-0.3, -0.25) is 14.3 Å². The fourth-order valence-corrected chi connectivity index (χ4v) is 3.73. The molecule has 4 aromatic rings. The van der Waals surface area contributed by atoms with E-state index >= 15 is 0 Å². The average Bonchev–Trinajstić information content (AvgIpc) is 3.31. The number of carbonyl (C=O) groups is 1. The van der Waals surface area contributed by atoms with Gasteiger partial charge < -0.3 is 20.1 Å². The Hall–Kier alpha value is -3.30. The van der Waals surface area contributed by atoms with E-state index in [1.165, 1.54) is 0 Å². The average molecular weight is 475 g/mol. The Kier molecular flexibility index (Phi) is 6.20. The number of rotatable bonds is 7. The number of H-pyrrole nitrogens is 1. The molecule has 0 bridgehead atoms. The third-order valence-electron chi connectivity index (χ3n) is 4.97. The molecule has 0 saturated carbocycles. The van der Waals surface area contributed by atoms with Crippen LogP contribution in [0.5, 0.6) is 0 Å². The van der Waals surface area contributed by atoms with Gasteiger partial charge in [0.05, 0.1) is 28.5 Å². The number of amides is 1. The molecule has 0 unspecified atom stereocenters. The van der Waals surface area contributed by atoms with Crippen LogP contribution in [0.2, 0.25) is 10.0 Å². The summed E-state index contributed by atoms with van der Waals surface area (Å²) in [4.78, 5) is 27.8. The van der Waals surface area contributed by atoms with Crippen molar-refractivity contribution in [2.45, 2.75) is 26.9 Å². The highest BCUT2D eigenvalue weighted by molar-refractivity contribution is 6.42. The number of fused-ring (bicyclic) bond motifs is 1. The van der Waals surface area contributed by atoms with Gasteiger partial charge in [-0.25, -0.2) is 0 Å². The summed E-state index contributed by atoms with van der Waals surface area (Å²) in [5, 5.41) is 15.7. The Labute approximate surface area is 192 Å². The minimum Gasteiger partial charge on any atom is -0.367 e. The van der Waals surface area contributed by atoms with Crippen LogP contribution in [0.3, 0.4) is 0 Å². The first-order chi connectivity index (χ1) is 15.3. The minimum atomic E-state index is -0.284. The summed E-state index contributed by atoms with van der Waals surface area (Å²) in [6.07, 6.45) is 1.62. The Balaban J connectivity index is 1.42. The van der Waals surface area contributed by atoms with E-state index < -0.39 is 0 Å². The lowest BCUT2D eigenvalue weighted by atomic mass is 10.2. The molecule has 1 aromatic carbocycles. The van der Waals surface area contributed by atoms with Crippen LogP contribution in [0.4, 0.5) is 5.82 Å². The molecule has 1 amide bonds. The Morgan fingerprint density at radius 3 is 2.75 bits per heavy atom. The molecule has 0 atom stereocenters. The molecule has 3 heterocycles. The highest BCUT2D eigenvalue weighted by Crippen LogP contribution is 2.23. The maximum Gasteiger partial charge on any atom is 0.275 e. The van der Waals surface area contributed by atoms with Gasteiger partial charge in [-0.2, -0.15) is 5.10 Å². The maximum atomic E-state index is 12.7. The molecule has 9 nitrogen and oxygen atoms in total. The van der Waals surface area contributed by atoms with Crippen molar-refractivity contribution in [3.63, 3.8) is 0 Å². The van der Waals surface area contributed by atoms with Gasteiger partial charge in [-0.15, -0.1) is 0 Å². The number of hydrogen-bond donors (Lipinski definition) is 3. The Morgan fingerprint density at radius 1 is 1.22 bits per heavy atom. The summed E-state index contributed by atoms with van der Waals surface area (Å²) in [7, 11) is 0. The van der Waals surface area contributed by atoms with Crippen molar-refractivity contribution >= 4 is 45.8 Å². The lowest BCUT2D eigenvalue weighted by molar-refractivity contribution is 0.0950. The number of aryl methyl sites for hydroxylation is 2. The van der Waals surface area contributed by atoms with Crippen molar-refractivity contribution in [1.29, 1.82) is 0 Å². The predicted molar refractivity (Wildman–Crippen MR) is 122 cm³/mol. The molecule has 0 fully saturated rings. The van der Waals surface area contributed by atoms with Crippen molar-refractivity contribution in [3.8, 4) is 0 Å². The molecule has 0 spiro atoms. The van der Waals surface area contributed by atoms with Gasteiger partial charge in [-0.1, -0.05) is 34.4 Å². The number of benzene rings is 1. The van der Waals surface area contributed by atoms with Gasteiger partial charge in [0, 0.05) is 18.5 Å². The molecule has 0 aliphatic heterocycles. The SMILES string of the molecule is Cc1noc(C)c1C(=O)NCCn1ncc2cc(NCc3ccc(Cl)c(Cl)c3)[nH]c(=O)c21. The van der Waals surface area contributed by atoms with Gasteiger partial charge in [0.1, 0.15) is 22.7 Å². The first-order valence-electron chi connectivity index (χ1n) is 9.81. The number of aromatic nitrogens is 4. The van der Waals surface area contributed by atoms with Gasteiger partial charge >= 0.3 is 0 Å². The zero-order valence-corrected chi connectivity index (χ0v) is 18.8. The van der Waals surface area contributed by atoms with Crippen LogP contribution >= 0.6 is 23.2 Å². The van der Waals surface area contributed by atoms with E-state index in [2.05, 4.69) is 25.9 Å². The summed E-state index contributed by atoms with van der Waals surface area (Å²) in [6.45, 7) is 4.47. The van der Waals surface area contributed by atoms with Crippen molar-refractivity contribution in [2.24, 2.45) is 0 Å². The van der Waals surface area contributed by atoms with E-state index in [9.17, 15) is 9.59 Å². The number of nitrogens with one attached hydrogen (secondary N) is 3. The zero-order valence-electron chi connectivity index (χ0n) is 17.3. The number of aromatic amines is 1. The summed E-state index contributed by atoms with van der Waals surface area (Å²) >= 11 is 12.0. The van der Waals surface area contributed by atoms with E-state index in [1.54, 1.807) is 42.9 Å². The van der Waals surface area contributed by atoms with Gasteiger partial charge in [0.25, 0.3) is 11.5 Å². The normalized spacial score (nSPS) is 11.1. The number of hydrogen-bond acceptors (Lipinski definition) is 6. The fraction of sp³-hybridized carbons (Fsp3) is 0.238. The molecule has 0 saturated heterocycles. The lowest BCUT2D eigenvalue weighted by Crippen LogP contribution is -2.28. The van der Waals surface area contributed by atoms with Crippen molar-refractivity contribution in [3.05, 3.63) is 73.4 Å². The number of nitrogens with zero attached hydrogens (tertiary/aromatic N) is 3. The zero-order chi connectivity index (χ0) is 22.8. The van der Waals surface area contributed by atoms with E-state index in [4.69, 9.17) is 27.7 Å². The molecule has 32 heavy (non-hydrogen) atoms. The van der Waals surface area contributed by atoms with E-state index in [-0.39, 0.29) is 18.0 Å². The fourth-order valence-electron chi connectivity index (χ4n) is 3.41. The summed E-state index contributed by atoms with van der Waals surface area (Å²) in [5.41, 5.74) is 2.02. The molecule has 11 heteroatoms. The topological polar surface area (TPSA) is 118 Å². The monoisotopic (exact) mass is 474 g/mol. The number of anilines is 1. The molecule has 3 N–H and O–H groups in total. The molecule has 0 aliphatic carbocycles.